The fourth-order valence-corrected chi connectivity index (χ4v) is 3.29. The van der Waals surface area contributed by atoms with Crippen molar-refractivity contribution >= 4 is 29.1 Å². The summed E-state index contributed by atoms with van der Waals surface area (Å²) in [5.41, 5.74) is 2.30. The van der Waals surface area contributed by atoms with Crippen molar-refractivity contribution < 1.29 is 14.3 Å². The predicted octanol–water partition coefficient (Wildman–Crippen LogP) is 4.74. The quantitative estimate of drug-likeness (QED) is 0.493. The Kier molecular flexibility index (Phi) is 8.07. The molecule has 3 aromatic rings. The third kappa shape index (κ3) is 6.59. The van der Waals surface area contributed by atoms with E-state index >= 15 is 0 Å². The molecule has 0 aromatic heterocycles. The van der Waals surface area contributed by atoms with Gasteiger partial charge in [-0.05, 0) is 60.5 Å². The smallest absolute Gasteiger partial charge is 0.258 e. The number of halogens is 1. The van der Waals surface area contributed by atoms with E-state index in [0.717, 1.165) is 17.0 Å². The summed E-state index contributed by atoms with van der Waals surface area (Å²) in [6.45, 7) is 0.959. The van der Waals surface area contributed by atoms with Gasteiger partial charge in [0.2, 0.25) is 5.91 Å². The number of methoxy groups -OCH3 is 1. The molecule has 2 amide bonds. The second-order valence-corrected chi connectivity index (χ2v) is 7.46. The van der Waals surface area contributed by atoms with Gasteiger partial charge in [-0.2, -0.15) is 0 Å². The van der Waals surface area contributed by atoms with Crippen LogP contribution in [0.2, 0.25) is 5.02 Å². The third-order valence-corrected chi connectivity index (χ3v) is 5.06. The van der Waals surface area contributed by atoms with Gasteiger partial charge in [0.15, 0.2) is 0 Å². The van der Waals surface area contributed by atoms with Gasteiger partial charge in [0.1, 0.15) is 5.75 Å². The van der Waals surface area contributed by atoms with Crippen LogP contribution in [0.25, 0.3) is 0 Å². The number of rotatable bonds is 9. The summed E-state index contributed by atoms with van der Waals surface area (Å²) in [7, 11) is 1.61. The van der Waals surface area contributed by atoms with Crippen molar-refractivity contribution in [2.75, 3.05) is 25.1 Å². The minimum absolute atomic E-state index is 0.0551. The average molecular weight is 437 g/mol. The summed E-state index contributed by atoms with van der Waals surface area (Å²) in [6.07, 6.45) is 0.929. The van der Waals surface area contributed by atoms with E-state index in [1.165, 1.54) is 0 Å². The number of nitrogens with zero attached hydrogens (tertiary/aromatic N) is 1. The van der Waals surface area contributed by atoms with Gasteiger partial charge in [-0.3, -0.25) is 9.59 Å². The third-order valence-electron chi connectivity index (χ3n) is 4.81. The summed E-state index contributed by atoms with van der Waals surface area (Å²) >= 11 is 5.95. The first-order chi connectivity index (χ1) is 15.1. The van der Waals surface area contributed by atoms with Gasteiger partial charge in [-0.25, -0.2) is 0 Å². The summed E-state index contributed by atoms with van der Waals surface area (Å²) in [6, 6.07) is 23.8. The maximum atomic E-state index is 13.1. The van der Waals surface area contributed by atoms with Gasteiger partial charge in [0.25, 0.3) is 5.91 Å². The van der Waals surface area contributed by atoms with Crippen molar-refractivity contribution in [2.45, 2.75) is 12.8 Å². The van der Waals surface area contributed by atoms with Crippen molar-refractivity contribution in [3.05, 3.63) is 95.0 Å². The number of amides is 2. The lowest BCUT2D eigenvalue weighted by Gasteiger charge is -2.23. The highest BCUT2D eigenvalue weighted by Crippen LogP contribution is 2.19. The van der Waals surface area contributed by atoms with Crippen molar-refractivity contribution in [3.63, 3.8) is 0 Å². The molecule has 0 radical (unpaired) electrons. The Morgan fingerprint density at radius 1 is 0.935 bits per heavy atom. The number of ether oxygens (including phenoxy) is 1. The van der Waals surface area contributed by atoms with Gasteiger partial charge in [0.05, 0.1) is 13.5 Å². The molecule has 5 nitrogen and oxygen atoms in total. The largest absolute Gasteiger partial charge is 0.497 e. The van der Waals surface area contributed by atoms with Crippen LogP contribution in [0.15, 0.2) is 78.9 Å². The Bertz CT molecular complexity index is 990. The number of benzene rings is 3. The summed E-state index contributed by atoms with van der Waals surface area (Å²) in [5.74, 6) is 0.600. The molecular weight excluding hydrogens is 412 g/mol. The Labute approximate surface area is 187 Å². The maximum Gasteiger partial charge on any atom is 0.258 e. The van der Waals surface area contributed by atoms with Crippen molar-refractivity contribution in [1.82, 2.24) is 5.32 Å². The van der Waals surface area contributed by atoms with Gasteiger partial charge in [-0.15, -0.1) is 0 Å². The molecule has 31 heavy (non-hydrogen) atoms. The first-order valence-electron chi connectivity index (χ1n) is 10.1. The van der Waals surface area contributed by atoms with Crippen LogP contribution >= 0.6 is 11.6 Å². The Hall–Kier alpha value is -3.31. The number of anilines is 1. The average Bonchev–Trinajstić information content (AvgIpc) is 2.80. The molecule has 0 saturated carbocycles. The molecule has 3 rings (SSSR count). The Balaban J connectivity index is 1.55. The fraction of sp³-hybridized carbons (Fsp3) is 0.200. The predicted molar refractivity (Wildman–Crippen MR) is 124 cm³/mol. The van der Waals surface area contributed by atoms with Crippen LogP contribution in [-0.2, 0) is 11.2 Å². The van der Waals surface area contributed by atoms with Crippen LogP contribution in [0.3, 0.4) is 0 Å². The molecule has 0 heterocycles. The van der Waals surface area contributed by atoms with E-state index < -0.39 is 0 Å². The monoisotopic (exact) mass is 436 g/mol. The van der Waals surface area contributed by atoms with Crippen LogP contribution in [0.5, 0.6) is 5.75 Å². The van der Waals surface area contributed by atoms with Crippen LogP contribution < -0.4 is 15.0 Å². The van der Waals surface area contributed by atoms with Gasteiger partial charge < -0.3 is 15.0 Å². The lowest BCUT2D eigenvalue weighted by atomic mass is 10.1. The molecule has 0 atom stereocenters. The van der Waals surface area contributed by atoms with Crippen LogP contribution in [0.4, 0.5) is 5.69 Å². The van der Waals surface area contributed by atoms with Crippen LogP contribution in [0.1, 0.15) is 22.3 Å². The molecule has 0 spiro atoms. The van der Waals surface area contributed by atoms with Crippen LogP contribution in [-0.4, -0.2) is 32.0 Å². The standard InChI is InChI=1S/C25H25ClN2O3/c1-31-23-14-8-19(9-15-23)18-24(29)27-16-5-17-28(22-6-3-2-4-7-22)25(30)20-10-12-21(26)13-11-20/h2-4,6-15H,5,16-18H2,1H3,(H,27,29). The van der Waals surface area contributed by atoms with Gasteiger partial charge >= 0.3 is 0 Å². The van der Waals surface area contributed by atoms with Crippen molar-refractivity contribution in [1.29, 1.82) is 0 Å². The minimum atomic E-state index is -0.104. The number of hydrogen-bond donors (Lipinski definition) is 1. The number of nitrogens with one attached hydrogen (secondary N) is 1. The van der Waals surface area contributed by atoms with E-state index in [9.17, 15) is 9.59 Å². The molecule has 0 saturated heterocycles. The van der Waals surface area contributed by atoms with E-state index in [1.807, 2.05) is 54.6 Å². The molecular formula is C25H25ClN2O3. The number of para-hydroxylation sites is 1. The summed E-state index contributed by atoms with van der Waals surface area (Å²) in [5, 5.41) is 3.51. The topological polar surface area (TPSA) is 58.6 Å². The Morgan fingerprint density at radius 2 is 1.61 bits per heavy atom. The molecule has 0 bridgehead atoms. The highest BCUT2D eigenvalue weighted by Gasteiger charge is 2.17. The normalized spacial score (nSPS) is 10.4. The number of carbonyl (C=O) groups is 2. The zero-order valence-electron chi connectivity index (χ0n) is 17.4. The lowest BCUT2D eigenvalue weighted by molar-refractivity contribution is -0.120. The molecule has 0 fully saturated rings. The number of carbonyl (C=O) groups excluding carboxylic acids is 2. The highest BCUT2D eigenvalue weighted by molar-refractivity contribution is 6.30. The van der Waals surface area contributed by atoms with E-state index in [-0.39, 0.29) is 11.8 Å². The van der Waals surface area contributed by atoms with E-state index in [0.29, 0.717) is 36.5 Å². The zero-order valence-corrected chi connectivity index (χ0v) is 18.1. The number of hydrogen-bond acceptors (Lipinski definition) is 3. The van der Waals surface area contributed by atoms with Crippen LogP contribution in [0, 0.1) is 0 Å². The van der Waals surface area contributed by atoms with Crippen molar-refractivity contribution in [2.24, 2.45) is 0 Å². The van der Waals surface area contributed by atoms with Gasteiger partial charge in [0, 0.05) is 29.4 Å². The minimum Gasteiger partial charge on any atom is -0.497 e. The molecule has 1 N–H and O–H groups in total. The molecule has 0 unspecified atom stereocenters. The summed E-state index contributed by atoms with van der Waals surface area (Å²) in [4.78, 5) is 27.0. The summed E-state index contributed by atoms with van der Waals surface area (Å²) < 4.78 is 5.13. The van der Waals surface area contributed by atoms with Gasteiger partial charge in [-0.1, -0.05) is 41.9 Å². The molecule has 3 aromatic carbocycles. The molecule has 6 heteroatoms. The first-order valence-corrected chi connectivity index (χ1v) is 10.5. The maximum absolute atomic E-state index is 13.1. The molecule has 0 aliphatic carbocycles. The molecule has 0 aliphatic rings. The van der Waals surface area contributed by atoms with E-state index in [4.69, 9.17) is 16.3 Å². The first kappa shape index (κ1) is 22.4. The van der Waals surface area contributed by atoms with E-state index in [2.05, 4.69) is 5.32 Å². The fourth-order valence-electron chi connectivity index (χ4n) is 3.16. The molecule has 160 valence electrons. The zero-order chi connectivity index (χ0) is 22.1. The SMILES string of the molecule is COc1ccc(CC(=O)NCCCN(C(=O)c2ccc(Cl)cc2)c2ccccc2)cc1. The van der Waals surface area contributed by atoms with E-state index in [1.54, 1.807) is 36.3 Å². The Morgan fingerprint density at radius 3 is 2.26 bits per heavy atom. The molecule has 0 aliphatic heterocycles. The highest BCUT2D eigenvalue weighted by atomic mass is 35.5. The second kappa shape index (κ2) is 11.2. The van der Waals surface area contributed by atoms with Crippen molar-refractivity contribution in [3.8, 4) is 5.75 Å². The second-order valence-electron chi connectivity index (χ2n) is 7.03. The lowest BCUT2D eigenvalue weighted by Crippen LogP contribution is -2.34.